The molecule has 1 fully saturated rings. The third kappa shape index (κ3) is 3.58. The first-order chi connectivity index (χ1) is 9.09. The molecule has 1 heterocycles. The Hall–Kier alpha value is -0.860. The second-order valence-corrected chi connectivity index (χ2v) is 6.15. The van der Waals surface area contributed by atoms with Crippen LogP contribution in [-0.4, -0.2) is 23.5 Å². The minimum Gasteiger partial charge on any atom is -0.326 e. The zero-order valence-corrected chi connectivity index (χ0v) is 12.6. The summed E-state index contributed by atoms with van der Waals surface area (Å²) in [4.78, 5) is 2.63. The Morgan fingerprint density at radius 2 is 2.05 bits per heavy atom. The van der Waals surface area contributed by atoms with Crippen LogP contribution >= 0.6 is 0 Å². The molecule has 3 unspecified atom stereocenters. The summed E-state index contributed by atoms with van der Waals surface area (Å²) < 4.78 is 0. The molecule has 3 atom stereocenters. The lowest BCUT2D eigenvalue weighted by atomic mass is 9.96. The van der Waals surface area contributed by atoms with Gasteiger partial charge in [0.25, 0.3) is 0 Å². The summed E-state index contributed by atoms with van der Waals surface area (Å²) in [5.74, 6) is 0. The normalized spacial score (nSPS) is 24.7. The van der Waals surface area contributed by atoms with Crippen LogP contribution in [0.2, 0.25) is 0 Å². The number of likely N-dealkylation sites (tertiary alicyclic amines) is 1. The van der Waals surface area contributed by atoms with Crippen molar-refractivity contribution in [3.8, 4) is 0 Å². The summed E-state index contributed by atoms with van der Waals surface area (Å²) in [6.07, 6.45) is 5.33. The van der Waals surface area contributed by atoms with Gasteiger partial charge in [-0.05, 0) is 45.7 Å². The lowest BCUT2D eigenvalue weighted by Crippen LogP contribution is -2.44. The van der Waals surface area contributed by atoms with E-state index >= 15 is 0 Å². The first kappa shape index (κ1) is 14.5. The highest BCUT2D eigenvalue weighted by atomic mass is 15.2. The molecule has 19 heavy (non-hydrogen) atoms. The Morgan fingerprint density at radius 1 is 1.26 bits per heavy atom. The van der Waals surface area contributed by atoms with E-state index in [4.69, 9.17) is 5.73 Å². The number of benzene rings is 1. The zero-order chi connectivity index (χ0) is 13.8. The number of nitrogens with zero attached hydrogens (tertiary/aromatic N) is 1. The fourth-order valence-corrected chi connectivity index (χ4v) is 3.36. The minimum atomic E-state index is 0.169. The van der Waals surface area contributed by atoms with Crippen LogP contribution in [0.25, 0.3) is 0 Å². The number of rotatable bonds is 3. The highest BCUT2D eigenvalue weighted by Crippen LogP contribution is 2.30. The van der Waals surface area contributed by atoms with Gasteiger partial charge in [-0.1, -0.05) is 42.7 Å². The van der Waals surface area contributed by atoms with Gasteiger partial charge in [0.05, 0.1) is 0 Å². The SMILES string of the molecule is Cc1cccc(C(C(C)N)N2CCCCCC2C)c1. The minimum absolute atomic E-state index is 0.169. The van der Waals surface area contributed by atoms with E-state index in [1.165, 1.54) is 43.4 Å². The Morgan fingerprint density at radius 3 is 2.74 bits per heavy atom. The fraction of sp³-hybridized carbons (Fsp3) is 0.647. The van der Waals surface area contributed by atoms with Crippen molar-refractivity contribution in [3.05, 3.63) is 35.4 Å². The molecule has 1 aliphatic heterocycles. The van der Waals surface area contributed by atoms with E-state index in [-0.39, 0.29) is 6.04 Å². The molecule has 2 heteroatoms. The van der Waals surface area contributed by atoms with Crippen LogP contribution in [0, 0.1) is 6.92 Å². The third-order valence-corrected chi connectivity index (χ3v) is 4.34. The van der Waals surface area contributed by atoms with Gasteiger partial charge < -0.3 is 5.73 Å². The maximum atomic E-state index is 6.32. The average Bonchev–Trinajstić information content (AvgIpc) is 2.55. The average molecular weight is 260 g/mol. The highest BCUT2D eigenvalue weighted by Gasteiger charge is 2.28. The third-order valence-electron chi connectivity index (χ3n) is 4.34. The Bertz CT molecular complexity index is 400. The lowest BCUT2D eigenvalue weighted by molar-refractivity contribution is 0.130. The topological polar surface area (TPSA) is 29.3 Å². The molecule has 106 valence electrons. The van der Waals surface area contributed by atoms with E-state index in [0.717, 1.165) is 0 Å². The van der Waals surface area contributed by atoms with Crippen molar-refractivity contribution >= 4 is 0 Å². The molecule has 0 aromatic heterocycles. The lowest BCUT2D eigenvalue weighted by Gasteiger charge is -2.38. The van der Waals surface area contributed by atoms with Gasteiger partial charge in [-0.15, -0.1) is 0 Å². The van der Waals surface area contributed by atoms with Crippen LogP contribution in [0.3, 0.4) is 0 Å². The maximum Gasteiger partial charge on any atom is 0.0499 e. The van der Waals surface area contributed by atoms with Crippen LogP contribution in [0.5, 0.6) is 0 Å². The summed E-state index contributed by atoms with van der Waals surface area (Å²) in [5.41, 5.74) is 9.02. The van der Waals surface area contributed by atoms with Gasteiger partial charge in [0.15, 0.2) is 0 Å². The van der Waals surface area contributed by atoms with Crippen molar-refractivity contribution in [3.63, 3.8) is 0 Å². The fourth-order valence-electron chi connectivity index (χ4n) is 3.36. The smallest absolute Gasteiger partial charge is 0.0499 e. The van der Waals surface area contributed by atoms with Gasteiger partial charge >= 0.3 is 0 Å². The summed E-state index contributed by atoms with van der Waals surface area (Å²) in [5, 5.41) is 0. The molecule has 0 bridgehead atoms. The molecule has 0 spiro atoms. The van der Waals surface area contributed by atoms with Crippen LogP contribution in [-0.2, 0) is 0 Å². The van der Waals surface area contributed by atoms with Crippen LogP contribution in [0.1, 0.15) is 56.7 Å². The van der Waals surface area contributed by atoms with E-state index in [1.54, 1.807) is 0 Å². The van der Waals surface area contributed by atoms with Gasteiger partial charge in [-0.25, -0.2) is 0 Å². The Labute approximate surface area is 118 Å². The first-order valence-corrected chi connectivity index (χ1v) is 7.67. The van der Waals surface area contributed by atoms with Gasteiger partial charge in [0, 0.05) is 18.1 Å². The van der Waals surface area contributed by atoms with Crippen molar-refractivity contribution in [1.29, 1.82) is 0 Å². The molecule has 2 rings (SSSR count). The van der Waals surface area contributed by atoms with E-state index in [1.807, 2.05) is 0 Å². The van der Waals surface area contributed by atoms with Crippen molar-refractivity contribution < 1.29 is 0 Å². The summed E-state index contributed by atoms with van der Waals surface area (Å²) in [6, 6.07) is 10.0. The number of aryl methyl sites for hydroxylation is 1. The number of nitrogens with two attached hydrogens (primary N) is 1. The number of hydrogen-bond donors (Lipinski definition) is 1. The summed E-state index contributed by atoms with van der Waals surface area (Å²) in [6.45, 7) is 7.84. The maximum absolute atomic E-state index is 6.32. The molecule has 2 nitrogen and oxygen atoms in total. The van der Waals surface area contributed by atoms with Gasteiger partial charge in [-0.3, -0.25) is 4.90 Å². The number of hydrogen-bond acceptors (Lipinski definition) is 2. The molecule has 0 aliphatic carbocycles. The molecule has 1 aromatic carbocycles. The monoisotopic (exact) mass is 260 g/mol. The predicted molar refractivity (Wildman–Crippen MR) is 82.2 cm³/mol. The molecular formula is C17H28N2. The standard InChI is InChI=1S/C17H28N2/c1-13-8-7-10-16(12-13)17(15(3)18)19-11-6-4-5-9-14(19)2/h7-8,10,12,14-15,17H,4-6,9,11,18H2,1-3H3. The summed E-state index contributed by atoms with van der Waals surface area (Å²) in [7, 11) is 0. The molecule has 1 saturated heterocycles. The molecule has 0 amide bonds. The van der Waals surface area contributed by atoms with Crippen molar-refractivity contribution in [2.24, 2.45) is 5.73 Å². The van der Waals surface area contributed by atoms with E-state index in [2.05, 4.69) is 49.9 Å². The van der Waals surface area contributed by atoms with Crippen molar-refractivity contribution in [2.75, 3.05) is 6.54 Å². The molecule has 1 aliphatic rings. The second kappa shape index (κ2) is 6.53. The quantitative estimate of drug-likeness (QED) is 0.899. The molecule has 0 radical (unpaired) electrons. The van der Waals surface area contributed by atoms with E-state index < -0.39 is 0 Å². The predicted octanol–water partition coefficient (Wildman–Crippen LogP) is 3.65. The van der Waals surface area contributed by atoms with Gasteiger partial charge in [0.1, 0.15) is 0 Å². The molecule has 0 saturated carbocycles. The largest absolute Gasteiger partial charge is 0.326 e. The van der Waals surface area contributed by atoms with Crippen LogP contribution in [0.4, 0.5) is 0 Å². The van der Waals surface area contributed by atoms with Crippen LogP contribution in [0.15, 0.2) is 24.3 Å². The summed E-state index contributed by atoms with van der Waals surface area (Å²) >= 11 is 0. The zero-order valence-electron chi connectivity index (χ0n) is 12.6. The van der Waals surface area contributed by atoms with Gasteiger partial charge in [0.2, 0.25) is 0 Å². The first-order valence-electron chi connectivity index (χ1n) is 7.67. The van der Waals surface area contributed by atoms with Crippen molar-refractivity contribution in [2.45, 2.75) is 64.6 Å². The molecular weight excluding hydrogens is 232 g/mol. The Balaban J connectivity index is 2.28. The molecule has 1 aromatic rings. The van der Waals surface area contributed by atoms with Gasteiger partial charge in [-0.2, -0.15) is 0 Å². The van der Waals surface area contributed by atoms with Crippen molar-refractivity contribution in [1.82, 2.24) is 4.90 Å². The van der Waals surface area contributed by atoms with E-state index in [0.29, 0.717) is 12.1 Å². The Kier molecular flexibility index (Phi) is 5.00. The van der Waals surface area contributed by atoms with E-state index in [9.17, 15) is 0 Å². The highest BCUT2D eigenvalue weighted by molar-refractivity contribution is 5.26. The second-order valence-electron chi connectivity index (χ2n) is 6.15. The molecule has 2 N–H and O–H groups in total. The van der Waals surface area contributed by atoms with Crippen LogP contribution < -0.4 is 5.73 Å².